The number of rotatable bonds is 2. The number of halogens is 3. The van der Waals surface area contributed by atoms with E-state index in [1.165, 1.54) is 13.2 Å². The van der Waals surface area contributed by atoms with Gasteiger partial charge < -0.3 is 4.74 Å². The lowest BCUT2D eigenvalue weighted by molar-refractivity contribution is 0.357. The number of hydrogen-bond acceptors (Lipinski definition) is 1. The summed E-state index contributed by atoms with van der Waals surface area (Å²) in [5, 5.41) is -0.505. The van der Waals surface area contributed by atoms with Crippen molar-refractivity contribution < 1.29 is 13.5 Å². The van der Waals surface area contributed by atoms with Crippen molar-refractivity contribution in [2.75, 3.05) is 7.11 Å². The second-order valence-electron chi connectivity index (χ2n) is 2.60. The summed E-state index contributed by atoms with van der Waals surface area (Å²) in [5.41, 5.74) is 0.236. The van der Waals surface area contributed by atoms with E-state index < -0.39 is 17.0 Å². The number of alkyl halides is 1. The van der Waals surface area contributed by atoms with Crippen LogP contribution in [-0.4, -0.2) is 7.11 Å². The third-order valence-electron chi connectivity index (χ3n) is 1.71. The fourth-order valence-electron chi connectivity index (χ4n) is 1.04. The van der Waals surface area contributed by atoms with Crippen LogP contribution < -0.4 is 4.74 Å². The monoisotopic (exact) mass is 206 g/mol. The number of benzene rings is 1. The van der Waals surface area contributed by atoms with E-state index in [0.717, 1.165) is 6.07 Å². The molecule has 0 amide bonds. The van der Waals surface area contributed by atoms with Gasteiger partial charge in [-0.15, -0.1) is 11.6 Å². The Morgan fingerprint density at radius 1 is 1.38 bits per heavy atom. The Bertz CT molecular complexity index is 313. The molecule has 0 aliphatic rings. The fraction of sp³-hybridized carbons (Fsp3) is 0.333. The van der Waals surface area contributed by atoms with Crippen molar-refractivity contribution in [2.24, 2.45) is 0 Å². The molecule has 0 radical (unpaired) electrons. The lowest BCUT2D eigenvalue weighted by Crippen LogP contribution is -1.98. The molecule has 1 nitrogen and oxygen atoms in total. The molecule has 1 aromatic rings. The topological polar surface area (TPSA) is 9.23 Å². The van der Waals surface area contributed by atoms with Crippen LogP contribution in [0.5, 0.6) is 5.75 Å². The van der Waals surface area contributed by atoms with E-state index in [2.05, 4.69) is 4.74 Å². The minimum absolute atomic E-state index is 0.236. The molecule has 1 aromatic carbocycles. The molecule has 0 fully saturated rings. The molecule has 0 saturated heterocycles. The molecule has 0 bridgehead atoms. The zero-order chi connectivity index (χ0) is 10.0. The molecule has 4 heteroatoms. The molecule has 0 aliphatic carbocycles. The number of ether oxygens (including phenoxy) is 1. The van der Waals surface area contributed by atoms with Crippen molar-refractivity contribution in [1.29, 1.82) is 0 Å². The fourth-order valence-corrected chi connectivity index (χ4v) is 1.21. The van der Waals surface area contributed by atoms with Crippen molar-refractivity contribution in [3.05, 3.63) is 29.3 Å². The number of hydrogen-bond donors (Lipinski definition) is 0. The summed E-state index contributed by atoms with van der Waals surface area (Å²) in [7, 11) is 1.21. The van der Waals surface area contributed by atoms with Gasteiger partial charge in [0.15, 0.2) is 17.4 Å². The molecule has 0 N–H and O–H groups in total. The molecule has 0 heterocycles. The van der Waals surface area contributed by atoms with Crippen LogP contribution in [0.1, 0.15) is 17.9 Å². The Morgan fingerprint density at radius 3 is 2.46 bits per heavy atom. The molecule has 1 rings (SSSR count). The predicted molar refractivity (Wildman–Crippen MR) is 47.2 cm³/mol. The van der Waals surface area contributed by atoms with Gasteiger partial charge in [0, 0.05) is 5.56 Å². The quantitative estimate of drug-likeness (QED) is 0.675. The molecule has 13 heavy (non-hydrogen) atoms. The standard InChI is InChI=1S/C9H9ClF2O/c1-5(10)6-3-4-7(11)9(13-2)8(6)12/h3-5H,1-2H3. The second kappa shape index (κ2) is 3.92. The number of methoxy groups -OCH3 is 1. The van der Waals surface area contributed by atoms with E-state index in [9.17, 15) is 8.78 Å². The zero-order valence-electron chi connectivity index (χ0n) is 7.27. The minimum atomic E-state index is -0.731. The van der Waals surface area contributed by atoms with Crippen molar-refractivity contribution in [1.82, 2.24) is 0 Å². The largest absolute Gasteiger partial charge is 0.491 e. The third kappa shape index (κ3) is 1.91. The third-order valence-corrected chi connectivity index (χ3v) is 1.95. The van der Waals surface area contributed by atoms with E-state index in [4.69, 9.17) is 11.6 Å². The molecular formula is C9H9ClF2O. The lowest BCUT2D eigenvalue weighted by atomic mass is 10.1. The van der Waals surface area contributed by atoms with E-state index in [0.29, 0.717) is 0 Å². The van der Waals surface area contributed by atoms with Gasteiger partial charge in [-0.25, -0.2) is 8.78 Å². The minimum Gasteiger partial charge on any atom is -0.491 e. The Morgan fingerprint density at radius 2 is 2.00 bits per heavy atom. The van der Waals surface area contributed by atoms with Gasteiger partial charge in [0.05, 0.1) is 12.5 Å². The van der Waals surface area contributed by atoms with Gasteiger partial charge in [0.25, 0.3) is 0 Å². The van der Waals surface area contributed by atoms with Gasteiger partial charge >= 0.3 is 0 Å². The van der Waals surface area contributed by atoms with Gasteiger partial charge in [0.1, 0.15) is 0 Å². The van der Waals surface area contributed by atoms with Crippen LogP contribution in [0.3, 0.4) is 0 Å². The normalized spacial score (nSPS) is 12.7. The van der Waals surface area contributed by atoms with E-state index >= 15 is 0 Å². The maximum atomic E-state index is 13.3. The Labute approximate surface area is 80.3 Å². The molecular weight excluding hydrogens is 198 g/mol. The highest BCUT2D eigenvalue weighted by molar-refractivity contribution is 6.20. The van der Waals surface area contributed by atoms with E-state index in [1.54, 1.807) is 6.92 Å². The van der Waals surface area contributed by atoms with E-state index in [1.807, 2.05) is 0 Å². The van der Waals surface area contributed by atoms with Crippen LogP contribution >= 0.6 is 11.6 Å². The Balaban J connectivity index is 3.27. The lowest BCUT2D eigenvalue weighted by Gasteiger charge is -2.09. The van der Waals surface area contributed by atoms with Crippen LogP contribution in [-0.2, 0) is 0 Å². The zero-order valence-corrected chi connectivity index (χ0v) is 8.03. The Hall–Kier alpha value is -0.830. The van der Waals surface area contributed by atoms with Gasteiger partial charge in [0.2, 0.25) is 0 Å². The highest BCUT2D eigenvalue weighted by Crippen LogP contribution is 2.30. The summed E-state index contributed by atoms with van der Waals surface area (Å²) in [4.78, 5) is 0. The summed E-state index contributed by atoms with van der Waals surface area (Å²) in [6.45, 7) is 1.61. The smallest absolute Gasteiger partial charge is 0.190 e. The van der Waals surface area contributed by atoms with Crippen LogP contribution in [0, 0.1) is 11.6 Å². The first kappa shape index (κ1) is 10.3. The van der Waals surface area contributed by atoms with Crippen molar-refractivity contribution in [2.45, 2.75) is 12.3 Å². The van der Waals surface area contributed by atoms with Crippen LogP contribution in [0.4, 0.5) is 8.78 Å². The van der Waals surface area contributed by atoms with Crippen LogP contribution in [0.15, 0.2) is 12.1 Å². The summed E-state index contributed by atoms with van der Waals surface area (Å²) in [5.74, 6) is -1.84. The first-order chi connectivity index (χ1) is 6.07. The molecule has 1 unspecified atom stereocenters. The van der Waals surface area contributed by atoms with Crippen molar-refractivity contribution >= 4 is 11.6 Å². The molecule has 0 aromatic heterocycles. The highest BCUT2D eigenvalue weighted by Gasteiger charge is 2.16. The van der Waals surface area contributed by atoms with Gasteiger partial charge in [-0.3, -0.25) is 0 Å². The highest BCUT2D eigenvalue weighted by atomic mass is 35.5. The van der Waals surface area contributed by atoms with Crippen LogP contribution in [0.2, 0.25) is 0 Å². The van der Waals surface area contributed by atoms with Gasteiger partial charge in [-0.05, 0) is 13.0 Å². The molecule has 0 saturated carbocycles. The van der Waals surface area contributed by atoms with Crippen molar-refractivity contribution in [3.8, 4) is 5.75 Å². The van der Waals surface area contributed by atoms with Gasteiger partial charge in [-0.1, -0.05) is 6.07 Å². The van der Waals surface area contributed by atoms with E-state index in [-0.39, 0.29) is 11.3 Å². The summed E-state index contributed by atoms with van der Waals surface area (Å²) < 4.78 is 30.8. The second-order valence-corrected chi connectivity index (χ2v) is 3.25. The molecule has 72 valence electrons. The summed E-state index contributed by atoms with van der Waals surface area (Å²) >= 11 is 5.67. The molecule has 0 spiro atoms. The maximum absolute atomic E-state index is 13.3. The molecule has 0 aliphatic heterocycles. The van der Waals surface area contributed by atoms with Crippen molar-refractivity contribution in [3.63, 3.8) is 0 Å². The Kier molecular flexibility index (Phi) is 3.09. The SMILES string of the molecule is COc1c(F)ccc(C(C)Cl)c1F. The molecule has 1 atom stereocenters. The van der Waals surface area contributed by atoms with Crippen LogP contribution in [0.25, 0.3) is 0 Å². The summed E-state index contributed by atoms with van der Waals surface area (Å²) in [6.07, 6.45) is 0. The van der Waals surface area contributed by atoms with Gasteiger partial charge in [-0.2, -0.15) is 0 Å². The first-order valence-electron chi connectivity index (χ1n) is 3.74. The predicted octanol–water partition coefficient (Wildman–Crippen LogP) is 3.27. The summed E-state index contributed by atoms with van der Waals surface area (Å²) in [6, 6.07) is 2.45. The first-order valence-corrected chi connectivity index (χ1v) is 4.17. The average Bonchev–Trinajstić information content (AvgIpc) is 2.04. The maximum Gasteiger partial charge on any atom is 0.190 e. The average molecular weight is 207 g/mol.